The van der Waals surface area contributed by atoms with Crippen molar-refractivity contribution >= 4 is 11.6 Å². The molecule has 0 radical (unpaired) electrons. The Balaban J connectivity index is 1.43. The molecule has 0 bridgehead atoms. The molecule has 2 aliphatic rings. The Labute approximate surface area is 152 Å². The molecular formula is C22H32ClF. The third-order valence-corrected chi connectivity index (χ3v) is 6.90. The molecule has 1 aromatic carbocycles. The van der Waals surface area contributed by atoms with E-state index in [1.54, 1.807) is 12.1 Å². The lowest BCUT2D eigenvalue weighted by molar-refractivity contribution is 0.200. The van der Waals surface area contributed by atoms with Gasteiger partial charge in [0.05, 0.1) is 5.02 Å². The van der Waals surface area contributed by atoms with Crippen LogP contribution in [0.3, 0.4) is 0 Å². The summed E-state index contributed by atoms with van der Waals surface area (Å²) in [5.74, 6) is 3.17. The van der Waals surface area contributed by atoms with Gasteiger partial charge < -0.3 is 0 Å². The molecule has 0 aliphatic heterocycles. The summed E-state index contributed by atoms with van der Waals surface area (Å²) in [4.78, 5) is 0. The van der Waals surface area contributed by atoms with Gasteiger partial charge in [-0.25, -0.2) is 4.39 Å². The molecular weight excluding hydrogens is 319 g/mol. The van der Waals surface area contributed by atoms with Crippen LogP contribution >= 0.6 is 11.6 Å². The number of hydrogen-bond donors (Lipinski definition) is 0. The molecule has 0 nitrogen and oxygen atoms in total. The van der Waals surface area contributed by atoms with Crippen LogP contribution in [0.15, 0.2) is 18.2 Å². The first kappa shape index (κ1) is 18.2. The minimum Gasteiger partial charge on any atom is -0.205 e. The Morgan fingerprint density at radius 2 is 1.50 bits per heavy atom. The maximum atomic E-state index is 13.7. The van der Waals surface area contributed by atoms with Crippen LogP contribution in [0.5, 0.6) is 0 Å². The summed E-state index contributed by atoms with van der Waals surface area (Å²) in [6, 6.07) is 5.39. The number of benzene rings is 1. The molecule has 2 heteroatoms. The fraction of sp³-hybridized carbons (Fsp3) is 0.727. The standard InChI is InChI=1S/C22H32ClF/c1-2-3-16-4-6-17(7-5-16)14-18-8-10-19(11-9-18)20-12-13-21(23)22(24)15-20/h12-13,15-19H,2-11,14H2,1H3. The highest BCUT2D eigenvalue weighted by molar-refractivity contribution is 6.30. The Bertz CT molecular complexity index is 511. The van der Waals surface area contributed by atoms with Crippen molar-refractivity contribution in [2.24, 2.45) is 17.8 Å². The Kier molecular flexibility index (Phi) is 6.61. The van der Waals surface area contributed by atoms with E-state index >= 15 is 0 Å². The molecule has 0 unspecified atom stereocenters. The van der Waals surface area contributed by atoms with Gasteiger partial charge in [-0.1, -0.05) is 63.1 Å². The predicted octanol–water partition coefficient (Wildman–Crippen LogP) is 7.75. The fourth-order valence-corrected chi connectivity index (χ4v) is 5.25. The minimum atomic E-state index is -0.264. The zero-order valence-corrected chi connectivity index (χ0v) is 15.8. The summed E-state index contributed by atoms with van der Waals surface area (Å²) in [6.07, 6.45) is 15.2. The normalized spacial score (nSPS) is 31.1. The summed E-state index contributed by atoms with van der Waals surface area (Å²) in [6.45, 7) is 2.32. The third kappa shape index (κ3) is 4.75. The second-order valence-electron chi connectivity index (χ2n) is 8.30. The molecule has 134 valence electrons. The second kappa shape index (κ2) is 8.70. The van der Waals surface area contributed by atoms with Gasteiger partial charge in [0.1, 0.15) is 5.82 Å². The molecule has 0 N–H and O–H groups in total. The van der Waals surface area contributed by atoms with Crippen LogP contribution in [-0.4, -0.2) is 0 Å². The van der Waals surface area contributed by atoms with E-state index in [4.69, 9.17) is 11.6 Å². The van der Waals surface area contributed by atoms with E-state index in [9.17, 15) is 4.39 Å². The predicted molar refractivity (Wildman–Crippen MR) is 101 cm³/mol. The van der Waals surface area contributed by atoms with E-state index < -0.39 is 0 Å². The van der Waals surface area contributed by atoms with Gasteiger partial charge in [0, 0.05) is 0 Å². The third-order valence-electron chi connectivity index (χ3n) is 6.59. The van der Waals surface area contributed by atoms with Crippen molar-refractivity contribution in [3.8, 4) is 0 Å². The van der Waals surface area contributed by atoms with Crippen molar-refractivity contribution in [2.45, 2.75) is 83.5 Å². The maximum Gasteiger partial charge on any atom is 0.142 e. The van der Waals surface area contributed by atoms with Gasteiger partial charge in [-0.15, -0.1) is 0 Å². The first-order chi connectivity index (χ1) is 11.7. The molecule has 0 spiro atoms. The van der Waals surface area contributed by atoms with Crippen molar-refractivity contribution in [1.29, 1.82) is 0 Å². The zero-order valence-electron chi connectivity index (χ0n) is 15.1. The highest BCUT2D eigenvalue weighted by Gasteiger charge is 2.27. The summed E-state index contributed by atoms with van der Waals surface area (Å²) in [7, 11) is 0. The Hall–Kier alpha value is -0.560. The molecule has 0 heterocycles. The first-order valence-corrected chi connectivity index (χ1v) is 10.5. The monoisotopic (exact) mass is 350 g/mol. The van der Waals surface area contributed by atoms with Gasteiger partial charge in [-0.3, -0.25) is 0 Å². The number of hydrogen-bond acceptors (Lipinski definition) is 0. The lowest BCUT2D eigenvalue weighted by Crippen LogP contribution is -2.20. The zero-order chi connectivity index (χ0) is 16.9. The molecule has 3 rings (SSSR count). The van der Waals surface area contributed by atoms with Crippen LogP contribution in [0.4, 0.5) is 4.39 Å². The highest BCUT2D eigenvalue weighted by atomic mass is 35.5. The molecule has 0 amide bonds. The van der Waals surface area contributed by atoms with Gasteiger partial charge in [0.15, 0.2) is 0 Å². The van der Waals surface area contributed by atoms with E-state index in [-0.39, 0.29) is 10.8 Å². The quantitative estimate of drug-likeness (QED) is 0.509. The summed E-state index contributed by atoms with van der Waals surface area (Å²) in [5, 5.41) is 0.242. The van der Waals surface area contributed by atoms with Gasteiger partial charge >= 0.3 is 0 Å². The lowest BCUT2D eigenvalue weighted by atomic mass is 9.72. The van der Waals surface area contributed by atoms with Crippen molar-refractivity contribution in [3.05, 3.63) is 34.6 Å². The van der Waals surface area contributed by atoms with Gasteiger partial charge in [0.25, 0.3) is 0 Å². The Morgan fingerprint density at radius 1 is 0.917 bits per heavy atom. The number of halogens is 2. The smallest absolute Gasteiger partial charge is 0.142 e. The maximum absolute atomic E-state index is 13.7. The molecule has 2 saturated carbocycles. The van der Waals surface area contributed by atoms with Crippen LogP contribution < -0.4 is 0 Å². The fourth-order valence-electron chi connectivity index (χ4n) is 5.13. The largest absolute Gasteiger partial charge is 0.205 e. The average Bonchev–Trinajstić information content (AvgIpc) is 2.60. The van der Waals surface area contributed by atoms with Crippen LogP contribution in [0.1, 0.15) is 89.0 Å². The number of rotatable bonds is 5. The summed E-state index contributed by atoms with van der Waals surface area (Å²) < 4.78 is 13.7. The SMILES string of the molecule is CCCC1CCC(CC2CCC(c3ccc(Cl)c(F)c3)CC2)CC1. The van der Waals surface area contributed by atoms with Crippen molar-refractivity contribution in [1.82, 2.24) is 0 Å². The van der Waals surface area contributed by atoms with Gasteiger partial charge in [-0.05, 0) is 73.5 Å². The topological polar surface area (TPSA) is 0 Å². The molecule has 0 atom stereocenters. The van der Waals surface area contributed by atoms with Gasteiger partial charge in [0.2, 0.25) is 0 Å². The second-order valence-corrected chi connectivity index (χ2v) is 8.71. The summed E-state index contributed by atoms with van der Waals surface area (Å²) >= 11 is 5.81. The summed E-state index contributed by atoms with van der Waals surface area (Å²) in [5.41, 5.74) is 1.15. The van der Waals surface area contributed by atoms with E-state index in [2.05, 4.69) is 6.92 Å². The highest BCUT2D eigenvalue weighted by Crippen LogP contribution is 2.42. The molecule has 1 aromatic rings. The van der Waals surface area contributed by atoms with Crippen molar-refractivity contribution in [2.75, 3.05) is 0 Å². The van der Waals surface area contributed by atoms with Crippen LogP contribution in [0.25, 0.3) is 0 Å². The molecule has 0 saturated heterocycles. The lowest BCUT2D eigenvalue weighted by Gasteiger charge is -2.34. The van der Waals surface area contributed by atoms with E-state index in [1.165, 1.54) is 70.6 Å². The average molecular weight is 351 g/mol. The van der Waals surface area contributed by atoms with Crippen LogP contribution in [0, 0.1) is 23.6 Å². The molecule has 2 fully saturated rings. The molecule has 24 heavy (non-hydrogen) atoms. The van der Waals surface area contributed by atoms with E-state index in [0.717, 1.165) is 23.3 Å². The Morgan fingerprint density at radius 3 is 2.08 bits per heavy atom. The van der Waals surface area contributed by atoms with Crippen molar-refractivity contribution in [3.63, 3.8) is 0 Å². The minimum absolute atomic E-state index is 0.242. The van der Waals surface area contributed by atoms with Crippen molar-refractivity contribution < 1.29 is 4.39 Å². The first-order valence-electron chi connectivity index (χ1n) is 10.1. The van der Waals surface area contributed by atoms with Crippen LogP contribution in [-0.2, 0) is 0 Å². The van der Waals surface area contributed by atoms with E-state index in [0.29, 0.717) is 5.92 Å². The molecule has 0 aromatic heterocycles. The molecule has 2 aliphatic carbocycles. The van der Waals surface area contributed by atoms with E-state index in [1.807, 2.05) is 6.07 Å². The van der Waals surface area contributed by atoms with Gasteiger partial charge in [-0.2, -0.15) is 0 Å². The van der Waals surface area contributed by atoms with Crippen LogP contribution in [0.2, 0.25) is 5.02 Å².